The first-order valence-electron chi connectivity index (χ1n) is 11.6. The van der Waals surface area contributed by atoms with Crippen LogP contribution in [0.4, 0.5) is 0 Å². The number of aliphatic hydroxyl groups excluding tert-OH is 2. The lowest BCUT2D eigenvalue weighted by Crippen LogP contribution is -2.38. The van der Waals surface area contributed by atoms with Crippen molar-refractivity contribution in [1.29, 1.82) is 0 Å². The predicted molar refractivity (Wildman–Crippen MR) is 120 cm³/mol. The Balaban J connectivity index is 1.81. The Morgan fingerprint density at radius 3 is 2.74 bits per heavy atom. The summed E-state index contributed by atoms with van der Waals surface area (Å²) in [5, 5.41) is 19.8. The van der Waals surface area contributed by atoms with E-state index in [1.807, 2.05) is 6.92 Å². The highest BCUT2D eigenvalue weighted by Gasteiger charge is 2.57. The van der Waals surface area contributed by atoms with Crippen molar-refractivity contribution < 1.29 is 43.5 Å². The standard InChI is InChI=1S/C25H34O9/c1-6-15(11-26)23(29)31-12-16(7-2)24(30)33-19-10-25(5)20(34-25)9-17(27)13(3)8-18-21(19)14(4)22(28)32-18/h7-8,15,17-21,26-27H,4,6,9-12H2,1-3,5H3/b13-8-,16-7+/t15-,17-,18-,19+,20+,21-,25+/m0/s1. The van der Waals surface area contributed by atoms with Gasteiger partial charge in [-0.25, -0.2) is 9.59 Å². The van der Waals surface area contributed by atoms with Gasteiger partial charge in [-0.3, -0.25) is 4.79 Å². The van der Waals surface area contributed by atoms with Crippen LogP contribution < -0.4 is 0 Å². The molecule has 0 saturated carbocycles. The molecule has 7 atom stereocenters. The SMILES string of the molecule is C=C1C(=O)O[C@H]2/C=C(/C)[C@@H](O)C[C@H]3O[C@]3(C)C[C@@H](OC(=O)/C(=C/C)COC(=O)[C@@H](CC)CO)[C@@H]12. The van der Waals surface area contributed by atoms with Crippen molar-refractivity contribution in [3.05, 3.63) is 35.5 Å². The number of rotatable bonds is 7. The smallest absolute Gasteiger partial charge is 0.337 e. The van der Waals surface area contributed by atoms with Crippen LogP contribution in [0.25, 0.3) is 0 Å². The first-order chi connectivity index (χ1) is 16.0. The van der Waals surface area contributed by atoms with Crippen molar-refractivity contribution in [2.24, 2.45) is 11.8 Å². The molecule has 9 heteroatoms. The Morgan fingerprint density at radius 1 is 1.41 bits per heavy atom. The average Bonchev–Trinajstić information content (AvgIpc) is 3.32. The number of hydrogen-bond acceptors (Lipinski definition) is 9. The van der Waals surface area contributed by atoms with Crippen LogP contribution in [0.1, 0.15) is 47.0 Å². The quantitative estimate of drug-likeness (QED) is 0.185. The summed E-state index contributed by atoms with van der Waals surface area (Å²) in [6, 6.07) is 0. The van der Waals surface area contributed by atoms with Crippen LogP contribution in [-0.4, -0.2) is 71.4 Å². The van der Waals surface area contributed by atoms with Gasteiger partial charge in [0.2, 0.25) is 0 Å². The highest BCUT2D eigenvalue weighted by atomic mass is 16.6. The van der Waals surface area contributed by atoms with Gasteiger partial charge in [-0.05, 0) is 38.8 Å². The lowest BCUT2D eigenvalue weighted by Gasteiger charge is -2.29. The molecule has 3 aliphatic rings. The van der Waals surface area contributed by atoms with Gasteiger partial charge in [0.15, 0.2) is 0 Å². The lowest BCUT2D eigenvalue weighted by molar-refractivity contribution is -0.152. The molecule has 0 aromatic heterocycles. The second kappa shape index (κ2) is 10.4. The Morgan fingerprint density at radius 2 is 2.12 bits per heavy atom. The minimum absolute atomic E-state index is 0.131. The van der Waals surface area contributed by atoms with E-state index in [1.54, 1.807) is 26.8 Å². The molecule has 2 saturated heterocycles. The van der Waals surface area contributed by atoms with Crippen LogP contribution in [0.2, 0.25) is 0 Å². The van der Waals surface area contributed by atoms with E-state index in [9.17, 15) is 24.6 Å². The number of aliphatic hydroxyl groups is 2. The van der Waals surface area contributed by atoms with Crippen molar-refractivity contribution in [1.82, 2.24) is 0 Å². The topological polar surface area (TPSA) is 132 Å². The van der Waals surface area contributed by atoms with E-state index in [0.29, 0.717) is 18.4 Å². The second-order valence-electron chi connectivity index (χ2n) is 9.36. The second-order valence-corrected chi connectivity index (χ2v) is 9.36. The fraction of sp³-hybridized carbons (Fsp3) is 0.640. The van der Waals surface area contributed by atoms with Crippen LogP contribution in [0.15, 0.2) is 35.5 Å². The molecule has 0 amide bonds. The summed E-state index contributed by atoms with van der Waals surface area (Å²) < 4.78 is 22.4. The lowest BCUT2D eigenvalue weighted by atomic mass is 9.82. The zero-order chi connectivity index (χ0) is 25.2. The zero-order valence-corrected chi connectivity index (χ0v) is 20.1. The molecule has 34 heavy (non-hydrogen) atoms. The van der Waals surface area contributed by atoms with E-state index >= 15 is 0 Å². The number of carbonyl (C=O) groups is 3. The Kier molecular flexibility index (Phi) is 8.00. The summed E-state index contributed by atoms with van der Waals surface area (Å²) >= 11 is 0. The molecule has 0 unspecified atom stereocenters. The third-order valence-electron chi connectivity index (χ3n) is 6.98. The summed E-state index contributed by atoms with van der Waals surface area (Å²) in [5.74, 6) is -3.19. The van der Waals surface area contributed by atoms with Gasteiger partial charge in [-0.15, -0.1) is 0 Å². The van der Waals surface area contributed by atoms with Gasteiger partial charge in [-0.2, -0.15) is 0 Å². The van der Waals surface area contributed by atoms with Gasteiger partial charge < -0.3 is 29.2 Å². The molecule has 2 aliphatic heterocycles. The first-order valence-corrected chi connectivity index (χ1v) is 11.6. The molecule has 3 rings (SSSR count). The van der Waals surface area contributed by atoms with Crippen LogP contribution in [0.3, 0.4) is 0 Å². The summed E-state index contributed by atoms with van der Waals surface area (Å²) in [4.78, 5) is 37.5. The third kappa shape index (κ3) is 5.42. The Hall–Kier alpha value is -2.49. The van der Waals surface area contributed by atoms with E-state index < -0.39 is 53.7 Å². The van der Waals surface area contributed by atoms with Crippen molar-refractivity contribution >= 4 is 17.9 Å². The Labute approximate surface area is 199 Å². The highest BCUT2D eigenvalue weighted by molar-refractivity contribution is 5.92. The molecule has 188 valence electrons. The number of ether oxygens (including phenoxy) is 4. The highest BCUT2D eigenvalue weighted by Crippen LogP contribution is 2.48. The van der Waals surface area contributed by atoms with E-state index in [4.69, 9.17) is 18.9 Å². The van der Waals surface area contributed by atoms with Gasteiger partial charge in [0, 0.05) is 18.4 Å². The fourth-order valence-electron chi connectivity index (χ4n) is 4.46. The van der Waals surface area contributed by atoms with E-state index in [0.717, 1.165) is 0 Å². The minimum Gasteiger partial charge on any atom is -0.460 e. The van der Waals surface area contributed by atoms with Crippen molar-refractivity contribution in [3.8, 4) is 0 Å². The molecular formula is C25H34O9. The molecule has 0 radical (unpaired) electrons. The van der Waals surface area contributed by atoms with Crippen molar-refractivity contribution in [2.45, 2.75) is 77.0 Å². The molecule has 0 bridgehead atoms. The maximum Gasteiger partial charge on any atom is 0.337 e. The maximum absolute atomic E-state index is 13.1. The number of carbonyl (C=O) groups excluding carboxylic acids is 3. The Bertz CT molecular complexity index is 900. The van der Waals surface area contributed by atoms with Crippen molar-refractivity contribution in [3.63, 3.8) is 0 Å². The van der Waals surface area contributed by atoms with Gasteiger partial charge in [0.05, 0.1) is 41.8 Å². The largest absolute Gasteiger partial charge is 0.460 e. The molecule has 1 aliphatic carbocycles. The normalized spacial score (nSPS) is 35.8. The van der Waals surface area contributed by atoms with Crippen molar-refractivity contribution in [2.75, 3.05) is 13.2 Å². The number of epoxide rings is 1. The molecule has 9 nitrogen and oxygen atoms in total. The number of hydrogen-bond donors (Lipinski definition) is 2. The van der Waals surface area contributed by atoms with Crippen LogP contribution in [-0.2, 0) is 33.3 Å². The maximum atomic E-state index is 13.1. The van der Waals surface area contributed by atoms with Crippen LogP contribution in [0.5, 0.6) is 0 Å². The predicted octanol–water partition coefficient (Wildman–Crippen LogP) is 1.76. The summed E-state index contributed by atoms with van der Waals surface area (Å²) in [6.45, 7) is 10.2. The molecular weight excluding hydrogens is 444 g/mol. The summed E-state index contributed by atoms with van der Waals surface area (Å²) in [6.07, 6.45) is 1.74. The number of fused-ring (bicyclic) bond motifs is 2. The van der Waals surface area contributed by atoms with Gasteiger partial charge >= 0.3 is 17.9 Å². The monoisotopic (exact) mass is 478 g/mol. The molecule has 2 heterocycles. The van der Waals surface area contributed by atoms with E-state index in [2.05, 4.69) is 6.58 Å². The zero-order valence-electron chi connectivity index (χ0n) is 20.1. The first kappa shape index (κ1) is 26.1. The fourth-order valence-corrected chi connectivity index (χ4v) is 4.46. The molecule has 0 spiro atoms. The van der Waals surface area contributed by atoms with E-state index in [1.165, 1.54) is 6.08 Å². The van der Waals surface area contributed by atoms with Crippen LogP contribution >= 0.6 is 0 Å². The van der Waals surface area contributed by atoms with E-state index in [-0.39, 0.29) is 36.9 Å². The number of allylic oxidation sites excluding steroid dienone is 1. The van der Waals surface area contributed by atoms with Gasteiger partial charge in [0.1, 0.15) is 18.8 Å². The summed E-state index contributed by atoms with van der Waals surface area (Å²) in [5.41, 5.74) is 0.312. The molecule has 2 fully saturated rings. The van der Waals surface area contributed by atoms with Gasteiger partial charge in [0.25, 0.3) is 0 Å². The average molecular weight is 479 g/mol. The van der Waals surface area contributed by atoms with Gasteiger partial charge in [-0.1, -0.05) is 19.6 Å². The molecule has 0 aromatic carbocycles. The number of esters is 3. The van der Waals surface area contributed by atoms with Crippen LogP contribution in [0, 0.1) is 11.8 Å². The molecule has 0 aromatic rings. The minimum atomic E-state index is -0.794. The molecule has 2 N–H and O–H groups in total. The summed E-state index contributed by atoms with van der Waals surface area (Å²) in [7, 11) is 0. The third-order valence-corrected chi connectivity index (χ3v) is 6.98.